The monoisotopic (exact) mass is 689 g/mol. The Kier molecular flexibility index (Phi) is 6.05. The normalized spacial score (nSPS) is 14.3. The minimum Gasteiger partial charge on any atom is -0.309 e. The third-order valence-electron chi connectivity index (χ3n) is 11.5. The topological polar surface area (TPSA) is 4.93 Å². The van der Waals surface area contributed by atoms with E-state index in [4.69, 9.17) is 0 Å². The van der Waals surface area contributed by atoms with Crippen LogP contribution in [0.25, 0.3) is 97.7 Å². The van der Waals surface area contributed by atoms with Crippen molar-refractivity contribution in [3.63, 3.8) is 0 Å². The Hall–Kier alpha value is -6.48. The molecule has 1 unspecified atom stereocenters. The number of hydrogen-bond donors (Lipinski definition) is 0. The van der Waals surface area contributed by atoms with Crippen molar-refractivity contribution in [2.24, 2.45) is 0 Å². The summed E-state index contributed by atoms with van der Waals surface area (Å²) in [6.07, 6.45) is 2.45. The molecule has 0 saturated carbocycles. The van der Waals surface area contributed by atoms with E-state index in [0.717, 1.165) is 0 Å². The Morgan fingerprint density at radius 1 is 0.396 bits per heavy atom. The molecule has 10 aromatic rings. The zero-order valence-electron chi connectivity index (χ0n) is 28.8. The van der Waals surface area contributed by atoms with Crippen molar-refractivity contribution < 1.29 is 0 Å². The second kappa shape index (κ2) is 11.0. The van der Waals surface area contributed by atoms with Crippen LogP contribution in [0.3, 0.4) is 0 Å². The molecule has 0 amide bonds. The molecular weight excluding hydrogens is 659 g/mol. The van der Waals surface area contributed by atoms with Crippen LogP contribution >= 0.6 is 11.3 Å². The van der Waals surface area contributed by atoms with Gasteiger partial charge in [0.05, 0.1) is 16.7 Å². The average Bonchev–Trinajstić information content (AvgIpc) is 3.87. The average molecular weight is 690 g/mol. The Morgan fingerprint density at radius 3 is 1.96 bits per heavy atom. The molecule has 53 heavy (non-hydrogen) atoms. The zero-order chi connectivity index (χ0) is 34.6. The fourth-order valence-electron chi connectivity index (χ4n) is 9.02. The lowest BCUT2D eigenvalue weighted by Gasteiger charge is -2.26. The number of thiophene rings is 1. The van der Waals surface area contributed by atoms with Gasteiger partial charge in [-0.25, -0.2) is 0 Å². The fourth-order valence-corrected chi connectivity index (χ4v) is 10.2. The highest BCUT2D eigenvalue weighted by Crippen LogP contribution is 2.59. The van der Waals surface area contributed by atoms with E-state index in [1.165, 1.54) is 109 Å². The smallest absolute Gasteiger partial charge is 0.0548 e. The van der Waals surface area contributed by atoms with Crippen LogP contribution in [0.2, 0.25) is 0 Å². The van der Waals surface area contributed by atoms with Gasteiger partial charge < -0.3 is 4.57 Å². The predicted octanol–water partition coefficient (Wildman–Crippen LogP) is 14.3. The van der Waals surface area contributed by atoms with Gasteiger partial charge in [0, 0.05) is 42.4 Å². The van der Waals surface area contributed by atoms with Gasteiger partial charge in [-0.15, -0.1) is 11.3 Å². The number of allylic oxidation sites excluding steroid dienone is 2. The van der Waals surface area contributed by atoms with Gasteiger partial charge in [0.25, 0.3) is 0 Å². The van der Waals surface area contributed by atoms with E-state index in [1.54, 1.807) is 0 Å². The second-order valence-electron chi connectivity index (χ2n) is 14.4. The third kappa shape index (κ3) is 4.30. The SMILES string of the molecule is C1=C2c3cccc(-n4c5ccccc5c5cc6sc7ccccc7c6cc54)c3-c3c(-c4cccc(-c5ccc(-c6ccccc6)cc5)c4)cccc3C12. The Bertz CT molecular complexity index is 3160. The van der Waals surface area contributed by atoms with Crippen molar-refractivity contribution >= 4 is 58.9 Å². The van der Waals surface area contributed by atoms with Crippen LogP contribution in [0.1, 0.15) is 17.0 Å². The molecule has 0 saturated heterocycles. The van der Waals surface area contributed by atoms with Crippen LogP contribution in [-0.2, 0) is 0 Å². The van der Waals surface area contributed by atoms with Crippen LogP contribution in [-0.4, -0.2) is 4.57 Å². The summed E-state index contributed by atoms with van der Waals surface area (Å²) >= 11 is 1.89. The molecule has 0 aliphatic heterocycles. The molecule has 0 fully saturated rings. The van der Waals surface area contributed by atoms with Crippen LogP contribution in [0.5, 0.6) is 0 Å². The number of nitrogens with zero attached hydrogens (tertiary/aromatic N) is 1. The molecule has 2 aliphatic rings. The first-order valence-corrected chi connectivity index (χ1v) is 19.2. The summed E-state index contributed by atoms with van der Waals surface area (Å²) < 4.78 is 5.22. The molecule has 2 heterocycles. The Labute approximate surface area is 311 Å². The van der Waals surface area contributed by atoms with Gasteiger partial charge in [-0.05, 0) is 92.0 Å². The van der Waals surface area contributed by atoms with E-state index in [2.05, 4.69) is 187 Å². The molecule has 0 N–H and O–H groups in total. The van der Waals surface area contributed by atoms with E-state index in [0.29, 0.717) is 5.92 Å². The highest BCUT2D eigenvalue weighted by Gasteiger charge is 2.39. The molecule has 0 spiro atoms. The molecule has 2 aliphatic carbocycles. The summed E-state index contributed by atoms with van der Waals surface area (Å²) in [5.41, 5.74) is 18.1. The summed E-state index contributed by atoms with van der Waals surface area (Å²) in [6, 6.07) is 65.3. The van der Waals surface area contributed by atoms with Crippen molar-refractivity contribution in [2.75, 3.05) is 0 Å². The van der Waals surface area contributed by atoms with Gasteiger partial charge in [-0.2, -0.15) is 0 Å². The minimum atomic E-state index is 0.372. The van der Waals surface area contributed by atoms with Crippen molar-refractivity contribution in [1.29, 1.82) is 0 Å². The largest absolute Gasteiger partial charge is 0.309 e. The number of para-hydroxylation sites is 1. The number of rotatable bonds is 4. The van der Waals surface area contributed by atoms with E-state index in [-0.39, 0.29) is 0 Å². The zero-order valence-corrected chi connectivity index (χ0v) is 29.6. The molecule has 2 heteroatoms. The predicted molar refractivity (Wildman–Crippen MR) is 226 cm³/mol. The number of benzene rings is 8. The quantitative estimate of drug-likeness (QED) is 0.173. The van der Waals surface area contributed by atoms with E-state index in [1.807, 2.05) is 11.3 Å². The van der Waals surface area contributed by atoms with Crippen LogP contribution in [0.15, 0.2) is 182 Å². The highest BCUT2D eigenvalue weighted by molar-refractivity contribution is 7.25. The standard InChI is InChI=1S/C51H31NS/c1-2-11-31(12-3-1)32-23-25-33(26-24-32)34-13-8-14-35(27-34)36-17-9-18-39-41-28-42(41)40-19-10-21-46(51(40)50(36)39)52-45-20-6-4-15-37(45)43-30-49-44(29-47(43)52)38-16-5-7-22-48(38)53-49/h1-30,41H. The van der Waals surface area contributed by atoms with E-state index < -0.39 is 0 Å². The molecule has 8 aromatic carbocycles. The molecule has 246 valence electrons. The van der Waals surface area contributed by atoms with E-state index in [9.17, 15) is 0 Å². The molecule has 0 bridgehead atoms. The fraction of sp³-hybridized carbons (Fsp3) is 0.0196. The maximum atomic E-state index is 2.55. The molecular formula is C51H31NS. The number of fused-ring (bicyclic) bond motifs is 12. The van der Waals surface area contributed by atoms with Crippen molar-refractivity contribution in [3.05, 3.63) is 193 Å². The molecule has 2 aromatic heterocycles. The molecule has 0 radical (unpaired) electrons. The lowest BCUT2D eigenvalue weighted by Crippen LogP contribution is -2.06. The van der Waals surface area contributed by atoms with Crippen molar-refractivity contribution in [2.45, 2.75) is 5.92 Å². The summed E-state index contributed by atoms with van der Waals surface area (Å²) in [5.74, 6) is 0.372. The summed E-state index contributed by atoms with van der Waals surface area (Å²) in [6.45, 7) is 0. The van der Waals surface area contributed by atoms with Crippen molar-refractivity contribution in [1.82, 2.24) is 4.57 Å². The Balaban J connectivity index is 1.08. The van der Waals surface area contributed by atoms with Crippen LogP contribution in [0, 0.1) is 0 Å². The highest BCUT2D eigenvalue weighted by atomic mass is 32.1. The van der Waals surface area contributed by atoms with Gasteiger partial charge in [-0.1, -0.05) is 146 Å². The number of hydrogen-bond acceptors (Lipinski definition) is 1. The summed E-state index contributed by atoms with van der Waals surface area (Å²) in [7, 11) is 0. The van der Waals surface area contributed by atoms with Gasteiger partial charge >= 0.3 is 0 Å². The van der Waals surface area contributed by atoms with Crippen LogP contribution in [0.4, 0.5) is 0 Å². The van der Waals surface area contributed by atoms with Gasteiger partial charge in [-0.3, -0.25) is 0 Å². The summed E-state index contributed by atoms with van der Waals surface area (Å²) in [4.78, 5) is 0. The summed E-state index contributed by atoms with van der Waals surface area (Å²) in [5, 5.41) is 5.25. The molecule has 12 rings (SSSR count). The first-order valence-electron chi connectivity index (χ1n) is 18.4. The minimum absolute atomic E-state index is 0.372. The molecule has 1 nitrogen and oxygen atoms in total. The van der Waals surface area contributed by atoms with Crippen molar-refractivity contribution in [3.8, 4) is 50.2 Å². The maximum absolute atomic E-state index is 2.55. The second-order valence-corrected chi connectivity index (χ2v) is 15.5. The van der Waals surface area contributed by atoms with Gasteiger partial charge in [0.2, 0.25) is 0 Å². The number of aromatic nitrogens is 1. The van der Waals surface area contributed by atoms with Gasteiger partial charge in [0.15, 0.2) is 0 Å². The van der Waals surface area contributed by atoms with Gasteiger partial charge in [0.1, 0.15) is 0 Å². The van der Waals surface area contributed by atoms with E-state index >= 15 is 0 Å². The first kappa shape index (κ1) is 29.1. The first-order chi connectivity index (χ1) is 26.3. The van der Waals surface area contributed by atoms with Crippen LogP contribution < -0.4 is 0 Å². The Morgan fingerprint density at radius 2 is 1.08 bits per heavy atom. The third-order valence-corrected chi connectivity index (χ3v) is 12.7. The molecule has 1 atom stereocenters. The lowest BCUT2D eigenvalue weighted by molar-refractivity contribution is 1.16. The maximum Gasteiger partial charge on any atom is 0.0548 e. The lowest BCUT2D eigenvalue weighted by atomic mass is 9.80.